The van der Waals surface area contributed by atoms with E-state index in [1.54, 1.807) is 6.92 Å². The zero-order chi connectivity index (χ0) is 15.1. The number of carbonyl (C=O) groups excluding carboxylic acids is 1. The van der Waals surface area contributed by atoms with Crippen molar-refractivity contribution in [2.75, 3.05) is 33.0 Å². The van der Waals surface area contributed by atoms with Crippen molar-refractivity contribution in [1.29, 1.82) is 0 Å². The fourth-order valence-corrected chi connectivity index (χ4v) is 1.62. The van der Waals surface area contributed by atoms with Crippen LogP contribution in [0.15, 0.2) is 12.2 Å². The van der Waals surface area contributed by atoms with Gasteiger partial charge in [0.15, 0.2) is 0 Å². The summed E-state index contributed by atoms with van der Waals surface area (Å²) in [5.41, 5.74) is 0.410. The minimum atomic E-state index is -0.368. The molecule has 0 N–H and O–H groups in total. The average Bonchev–Trinajstić information content (AvgIpc) is 2.43. The van der Waals surface area contributed by atoms with E-state index < -0.39 is 0 Å². The van der Waals surface area contributed by atoms with Crippen molar-refractivity contribution in [3.63, 3.8) is 0 Å². The van der Waals surface area contributed by atoms with E-state index in [2.05, 4.69) is 13.5 Å². The molecule has 0 aliphatic rings. The minimum Gasteiger partial charge on any atom is -0.460 e. The van der Waals surface area contributed by atoms with Gasteiger partial charge < -0.3 is 14.2 Å². The zero-order valence-electron chi connectivity index (χ0n) is 13.1. The maximum atomic E-state index is 11.0. The Labute approximate surface area is 123 Å². The summed E-state index contributed by atoms with van der Waals surface area (Å²) in [6.45, 7) is 9.97. The Bertz CT molecular complexity index is 251. The van der Waals surface area contributed by atoms with Crippen molar-refractivity contribution in [3.8, 4) is 0 Å². The number of ether oxygens (including phenoxy) is 3. The molecule has 0 aromatic rings. The van der Waals surface area contributed by atoms with Gasteiger partial charge in [0.2, 0.25) is 0 Å². The fraction of sp³-hybridized carbons (Fsp3) is 0.812. The number of unbranched alkanes of at least 4 members (excludes halogenated alkanes) is 5. The second-order valence-corrected chi connectivity index (χ2v) is 4.91. The van der Waals surface area contributed by atoms with E-state index in [4.69, 9.17) is 14.2 Å². The lowest BCUT2D eigenvalue weighted by atomic mass is 10.1. The van der Waals surface area contributed by atoms with Crippen molar-refractivity contribution in [2.24, 2.45) is 0 Å². The van der Waals surface area contributed by atoms with Crippen molar-refractivity contribution in [3.05, 3.63) is 12.2 Å². The smallest absolute Gasteiger partial charge is 0.333 e. The van der Waals surface area contributed by atoms with Crippen molar-refractivity contribution in [1.82, 2.24) is 0 Å². The van der Waals surface area contributed by atoms with E-state index in [0.29, 0.717) is 25.4 Å². The zero-order valence-corrected chi connectivity index (χ0v) is 13.1. The first-order chi connectivity index (χ1) is 9.68. The molecule has 0 saturated carbocycles. The highest BCUT2D eigenvalue weighted by atomic mass is 16.6. The molecule has 0 aliphatic carbocycles. The molecule has 20 heavy (non-hydrogen) atoms. The molecule has 0 spiro atoms. The van der Waals surface area contributed by atoms with Crippen LogP contribution in [0.2, 0.25) is 0 Å². The highest BCUT2D eigenvalue weighted by Crippen LogP contribution is 2.04. The van der Waals surface area contributed by atoms with E-state index in [-0.39, 0.29) is 12.6 Å². The summed E-state index contributed by atoms with van der Waals surface area (Å²) in [5, 5.41) is 0. The van der Waals surface area contributed by atoms with Crippen LogP contribution >= 0.6 is 0 Å². The van der Waals surface area contributed by atoms with Crippen molar-refractivity contribution < 1.29 is 19.0 Å². The summed E-state index contributed by atoms with van der Waals surface area (Å²) in [5.74, 6) is -0.368. The topological polar surface area (TPSA) is 44.8 Å². The van der Waals surface area contributed by atoms with Crippen LogP contribution in [0.3, 0.4) is 0 Å². The summed E-state index contributed by atoms with van der Waals surface area (Å²) in [7, 11) is 0. The van der Waals surface area contributed by atoms with Gasteiger partial charge in [-0.1, -0.05) is 45.6 Å². The molecule has 0 amide bonds. The van der Waals surface area contributed by atoms with Gasteiger partial charge in [0.25, 0.3) is 0 Å². The highest BCUT2D eigenvalue weighted by Gasteiger charge is 2.01. The Morgan fingerprint density at radius 1 is 0.850 bits per heavy atom. The molecular weight excluding hydrogens is 256 g/mol. The van der Waals surface area contributed by atoms with E-state index in [9.17, 15) is 4.79 Å². The second kappa shape index (κ2) is 14.5. The molecule has 0 bridgehead atoms. The van der Waals surface area contributed by atoms with Crippen molar-refractivity contribution in [2.45, 2.75) is 52.4 Å². The third-order valence-electron chi connectivity index (χ3n) is 2.82. The average molecular weight is 286 g/mol. The first-order valence-electron chi connectivity index (χ1n) is 7.66. The fourth-order valence-electron chi connectivity index (χ4n) is 1.62. The standard InChI is InChI=1S/C16H30O4/c1-4-5-6-7-8-9-10-18-11-12-19-13-14-20-16(17)15(2)3/h2,4-14H2,1,3H3. The summed E-state index contributed by atoms with van der Waals surface area (Å²) in [4.78, 5) is 11.0. The first kappa shape index (κ1) is 19.1. The van der Waals surface area contributed by atoms with Crippen LogP contribution in [-0.4, -0.2) is 39.0 Å². The third-order valence-corrected chi connectivity index (χ3v) is 2.82. The van der Waals surface area contributed by atoms with Gasteiger partial charge >= 0.3 is 5.97 Å². The molecule has 4 nitrogen and oxygen atoms in total. The first-order valence-corrected chi connectivity index (χ1v) is 7.66. The molecule has 0 aromatic heterocycles. The minimum absolute atomic E-state index is 0.267. The van der Waals surface area contributed by atoms with Gasteiger partial charge in [-0.25, -0.2) is 4.79 Å². The van der Waals surface area contributed by atoms with Gasteiger partial charge in [-0.05, 0) is 13.3 Å². The normalized spacial score (nSPS) is 10.5. The molecule has 0 atom stereocenters. The molecule has 0 saturated heterocycles. The summed E-state index contributed by atoms with van der Waals surface area (Å²) >= 11 is 0. The number of hydrogen-bond donors (Lipinski definition) is 0. The van der Waals surface area contributed by atoms with Gasteiger partial charge in [-0.15, -0.1) is 0 Å². The van der Waals surface area contributed by atoms with Gasteiger partial charge in [-0.2, -0.15) is 0 Å². The number of esters is 1. The SMILES string of the molecule is C=C(C)C(=O)OCCOCCOCCCCCCCC. The Hall–Kier alpha value is -0.870. The van der Waals surface area contributed by atoms with E-state index in [0.717, 1.165) is 13.0 Å². The summed E-state index contributed by atoms with van der Waals surface area (Å²) < 4.78 is 15.6. The Balaban J connectivity index is 3.06. The van der Waals surface area contributed by atoms with E-state index in [1.165, 1.54) is 32.1 Å². The second-order valence-electron chi connectivity index (χ2n) is 4.91. The number of rotatable bonds is 14. The van der Waals surface area contributed by atoms with Gasteiger partial charge in [0.1, 0.15) is 6.61 Å². The monoisotopic (exact) mass is 286 g/mol. The predicted octanol–water partition coefficient (Wildman–Crippen LogP) is 3.50. The van der Waals surface area contributed by atoms with E-state index in [1.807, 2.05) is 0 Å². The summed E-state index contributed by atoms with van der Waals surface area (Å²) in [6.07, 6.45) is 7.64. The van der Waals surface area contributed by atoms with Crippen LogP contribution in [0.1, 0.15) is 52.4 Å². The van der Waals surface area contributed by atoms with Crippen LogP contribution in [-0.2, 0) is 19.0 Å². The lowest BCUT2D eigenvalue weighted by molar-refractivity contribution is -0.140. The largest absolute Gasteiger partial charge is 0.460 e. The molecule has 0 rings (SSSR count). The number of hydrogen-bond acceptors (Lipinski definition) is 4. The third kappa shape index (κ3) is 13.6. The van der Waals surface area contributed by atoms with Crippen LogP contribution in [0.25, 0.3) is 0 Å². The van der Waals surface area contributed by atoms with Crippen LogP contribution < -0.4 is 0 Å². The highest BCUT2D eigenvalue weighted by molar-refractivity contribution is 5.86. The Morgan fingerprint density at radius 3 is 2.05 bits per heavy atom. The number of carbonyl (C=O) groups is 1. The molecule has 118 valence electrons. The maximum absolute atomic E-state index is 11.0. The van der Waals surface area contributed by atoms with Gasteiger partial charge in [-0.3, -0.25) is 0 Å². The van der Waals surface area contributed by atoms with Gasteiger partial charge in [0, 0.05) is 12.2 Å². The summed E-state index contributed by atoms with van der Waals surface area (Å²) in [6, 6.07) is 0. The maximum Gasteiger partial charge on any atom is 0.333 e. The van der Waals surface area contributed by atoms with Crippen LogP contribution in [0.4, 0.5) is 0 Å². The molecular formula is C16H30O4. The van der Waals surface area contributed by atoms with Gasteiger partial charge in [0.05, 0.1) is 19.8 Å². The molecule has 0 fully saturated rings. The lowest BCUT2D eigenvalue weighted by Gasteiger charge is -2.07. The molecule has 0 unspecified atom stereocenters. The molecule has 4 heteroatoms. The van der Waals surface area contributed by atoms with Crippen LogP contribution in [0.5, 0.6) is 0 Å². The molecule has 0 heterocycles. The quantitative estimate of drug-likeness (QED) is 0.278. The predicted molar refractivity (Wildman–Crippen MR) is 80.8 cm³/mol. The van der Waals surface area contributed by atoms with Crippen LogP contribution in [0, 0.1) is 0 Å². The van der Waals surface area contributed by atoms with Crippen molar-refractivity contribution >= 4 is 5.97 Å². The Kier molecular flexibility index (Phi) is 13.9. The van der Waals surface area contributed by atoms with E-state index >= 15 is 0 Å². The Morgan fingerprint density at radius 2 is 1.40 bits per heavy atom. The lowest BCUT2D eigenvalue weighted by Crippen LogP contribution is -2.13. The molecule has 0 aliphatic heterocycles. The molecule has 0 radical (unpaired) electrons. The molecule has 0 aromatic carbocycles.